The lowest BCUT2D eigenvalue weighted by atomic mass is 10.1. The van der Waals surface area contributed by atoms with Crippen LogP contribution in [0.5, 0.6) is 0 Å². The second-order valence-electron chi connectivity index (χ2n) is 7.34. The fraction of sp³-hybridized carbons (Fsp3) is 0.174. The van der Waals surface area contributed by atoms with Gasteiger partial charge in [-0.25, -0.2) is 13.8 Å². The third kappa shape index (κ3) is 5.33. The molecule has 1 aromatic heterocycles. The maximum absolute atomic E-state index is 13.0. The first-order valence-corrected chi connectivity index (χ1v) is 10.1. The van der Waals surface area contributed by atoms with Gasteiger partial charge >= 0.3 is 6.18 Å². The molecule has 11 heteroatoms. The summed E-state index contributed by atoms with van der Waals surface area (Å²) in [4.78, 5) is 28.9. The molecule has 0 saturated heterocycles. The molecule has 34 heavy (non-hydrogen) atoms. The summed E-state index contributed by atoms with van der Waals surface area (Å²) in [6.07, 6.45) is -4.05. The van der Waals surface area contributed by atoms with Crippen LogP contribution in [-0.4, -0.2) is 24.3 Å². The first-order chi connectivity index (χ1) is 15.9. The minimum absolute atomic E-state index is 0.0310. The smallest absolute Gasteiger partial charge is 0.315 e. The number of aryl methyl sites for hydroxylation is 1. The van der Waals surface area contributed by atoms with E-state index < -0.39 is 23.4 Å². The van der Waals surface area contributed by atoms with Crippen LogP contribution in [0.4, 0.5) is 33.5 Å². The van der Waals surface area contributed by atoms with Gasteiger partial charge in [-0.1, -0.05) is 29.8 Å². The normalized spacial score (nSPS) is 12.7. The van der Waals surface area contributed by atoms with Crippen LogP contribution in [-0.2, 0) is 17.5 Å². The van der Waals surface area contributed by atoms with Crippen LogP contribution in [0.25, 0.3) is 0 Å². The molecule has 2 amide bonds. The van der Waals surface area contributed by atoms with Crippen LogP contribution < -0.4 is 9.80 Å². The highest BCUT2D eigenvalue weighted by molar-refractivity contribution is 6.31. The van der Waals surface area contributed by atoms with Gasteiger partial charge in [0.15, 0.2) is 0 Å². The Bertz CT molecular complexity index is 1250. The highest BCUT2D eigenvalue weighted by Crippen LogP contribution is 2.34. The van der Waals surface area contributed by atoms with Crippen LogP contribution >= 0.6 is 11.6 Å². The average Bonchev–Trinajstić information content (AvgIpc) is 3.12. The van der Waals surface area contributed by atoms with Gasteiger partial charge in [-0.2, -0.15) is 13.2 Å². The summed E-state index contributed by atoms with van der Waals surface area (Å²) in [6.45, 7) is 1.72. The number of rotatable bonds is 3. The summed E-state index contributed by atoms with van der Waals surface area (Å²) < 4.78 is 64.2. The molecule has 5 nitrogen and oxygen atoms in total. The zero-order valence-corrected chi connectivity index (χ0v) is 18.6. The quantitative estimate of drug-likeness (QED) is 0.262. The number of carbonyl (C=O) groups is 2. The number of hydrogen-bond acceptors (Lipinski definition) is 3. The van der Waals surface area contributed by atoms with E-state index in [0.717, 1.165) is 28.7 Å². The van der Waals surface area contributed by atoms with E-state index in [-0.39, 0.29) is 34.7 Å². The van der Waals surface area contributed by atoms with E-state index in [1.165, 1.54) is 18.9 Å². The molecule has 3 aromatic rings. The number of benzene rings is 2. The Morgan fingerprint density at radius 2 is 1.76 bits per heavy atom. The van der Waals surface area contributed by atoms with Crippen molar-refractivity contribution in [3.63, 3.8) is 0 Å². The fourth-order valence-corrected chi connectivity index (χ4v) is 3.39. The third-order valence-electron chi connectivity index (χ3n) is 4.89. The van der Waals surface area contributed by atoms with E-state index in [2.05, 4.69) is 4.98 Å². The van der Waals surface area contributed by atoms with Crippen LogP contribution in [0, 0.1) is 18.6 Å². The first-order valence-electron chi connectivity index (χ1n) is 9.70. The molecule has 1 aliphatic rings. The van der Waals surface area contributed by atoms with Gasteiger partial charge in [0.1, 0.15) is 17.5 Å². The molecular weight excluding hydrogens is 481 g/mol. The van der Waals surface area contributed by atoms with E-state index in [4.69, 9.17) is 11.6 Å². The summed E-state index contributed by atoms with van der Waals surface area (Å²) in [5.41, 5.74) is 0.674. The Morgan fingerprint density at radius 1 is 1.09 bits per heavy atom. The van der Waals surface area contributed by atoms with Gasteiger partial charge in [0.05, 0.1) is 22.8 Å². The number of halogens is 6. The molecule has 0 aliphatic carbocycles. The predicted octanol–water partition coefficient (Wildman–Crippen LogP) is 5.78. The van der Waals surface area contributed by atoms with Gasteiger partial charge in [-0.3, -0.25) is 14.5 Å². The largest absolute Gasteiger partial charge is 0.416 e. The number of aromatic nitrogens is 1. The van der Waals surface area contributed by atoms with Crippen molar-refractivity contribution in [2.75, 3.05) is 16.8 Å². The number of alkyl halides is 3. The highest BCUT2D eigenvalue weighted by atomic mass is 35.5. The van der Waals surface area contributed by atoms with E-state index in [1.54, 1.807) is 24.3 Å². The molecule has 0 radical (unpaired) electrons. The van der Waals surface area contributed by atoms with Crippen molar-refractivity contribution in [2.24, 2.45) is 0 Å². The van der Waals surface area contributed by atoms with Crippen LogP contribution in [0.3, 0.4) is 0 Å². The van der Waals surface area contributed by atoms with Crippen molar-refractivity contribution in [1.29, 1.82) is 0 Å². The molecule has 0 atom stereocenters. The van der Waals surface area contributed by atoms with Gasteiger partial charge in [0.2, 0.25) is 6.41 Å². The zero-order valence-electron chi connectivity index (χ0n) is 17.8. The van der Waals surface area contributed by atoms with E-state index in [0.29, 0.717) is 18.0 Å². The monoisotopic (exact) mass is 497 g/mol. The number of hydrogen-bond donors (Lipinski definition) is 0. The van der Waals surface area contributed by atoms with Crippen LogP contribution in [0.1, 0.15) is 27.2 Å². The fourth-order valence-electron chi connectivity index (χ4n) is 3.23. The first kappa shape index (κ1) is 25.1. The molecule has 0 saturated carbocycles. The van der Waals surface area contributed by atoms with E-state index >= 15 is 0 Å². The Morgan fingerprint density at radius 3 is 2.38 bits per heavy atom. The topological polar surface area (TPSA) is 53.5 Å². The number of nitrogens with zero attached hydrogens (tertiary/aromatic N) is 3. The standard InChI is InChI=1S/C15H11F3N2O.C8H6ClF2NO/c1-9-6-11(15(16,17)18)7-13(19-9)20-8-10-4-2-3-5-12(10)14(20)21;1-12(4-13)8-2-5(9)6(10)3-7(8)11/h2-7H,8H2,1H3;2-4H,1H3. The molecule has 0 bridgehead atoms. The second-order valence-corrected chi connectivity index (χ2v) is 7.74. The molecule has 0 fully saturated rings. The second kappa shape index (κ2) is 9.76. The third-order valence-corrected chi connectivity index (χ3v) is 5.18. The number of amides is 2. The van der Waals surface area contributed by atoms with Crippen LogP contribution in [0.15, 0.2) is 48.5 Å². The summed E-state index contributed by atoms with van der Waals surface area (Å²) in [7, 11) is 1.35. The molecule has 0 N–H and O–H groups in total. The lowest BCUT2D eigenvalue weighted by molar-refractivity contribution is -0.137. The molecule has 4 rings (SSSR count). The van der Waals surface area contributed by atoms with E-state index in [1.807, 2.05) is 0 Å². The molecule has 1 aliphatic heterocycles. The minimum atomic E-state index is -4.46. The molecule has 178 valence electrons. The summed E-state index contributed by atoms with van der Waals surface area (Å²) in [5, 5.41) is -0.217. The van der Waals surface area contributed by atoms with Gasteiger partial charge in [0, 0.05) is 24.4 Å². The number of pyridine rings is 1. The Hall–Kier alpha value is -3.53. The van der Waals surface area contributed by atoms with E-state index in [9.17, 15) is 31.5 Å². The molecule has 0 spiro atoms. The molecule has 2 aromatic carbocycles. The Balaban J connectivity index is 0.000000215. The number of carbonyl (C=O) groups excluding carboxylic acids is 2. The lowest BCUT2D eigenvalue weighted by Gasteiger charge is -2.17. The Labute approximate surface area is 196 Å². The SMILES string of the molecule is CN(C=O)c1cc(Cl)c(F)cc1F.Cc1cc(C(F)(F)F)cc(N2Cc3ccccc3C2=O)n1. The van der Waals surface area contributed by atoms with Crippen molar-refractivity contribution in [3.05, 3.63) is 87.6 Å². The van der Waals surface area contributed by atoms with Crippen LogP contribution in [0.2, 0.25) is 5.02 Å². The van der Waals surface area contributed by atoms with Gasteiger partial charge < -0.3 is 4.90 Å². The van der Waals surface area contributed by atoms with Gasteiger partial charge in [-0.05, 0) is 36.8 Å². The highest BCUT2D eigenvalue weighted by Gasteiger charge is 2.34. The van der Waals surface area contributed by atoms with Crippen molar-refractivity contribution in [2.45, 2.75) is 19.6 Å². The summed E-state index contributed by atoms with van der Waals surface area (Å²) in [6, 6.07) is 10.5. The molecule has 2 heterocycles. The molecular formula is C23H17ClF5N3O2. The van der Waals surface area contributed by atoms with Crippen molar-refractivity contribution < 1.29 is 31.5 Å². The van der Waals surface area contributed by atoms with Gasteiger partial charge in [-0.15, -0.1) is 0 Å². The lowest BCUT2D eigenvalue weighted by Crippen LogP contribution is -2.25. The zero-order chi connectivity index (χ0) is 25.2. The predicted molar refractivity (Wildman–Crippen MR) is 117 cm³/mol. The van der Waals surface area contributed by atoms with Gasteiger partial charge in [0.25, 0.3) is 5.91 Å². The van der Waals surface area contributed by atoms with Crippen molar-refractivity contribution >= 4 is 35.4 Å². The number of anilines is 2. The summed E-state index contributed by atoms with van der Waals surface area (Å²) >= 11 is 5.40. The number of fused-ring (bicyclic) bond motifs is 1. The molecule has 0 unspecified atom stereocenters. The minimum Gasteiger partial charge on any atom is -0.315 e. The maximum atomic E-state index is 13.0. The maximum Gasteiger partial charge on any atom is 0.416 e. The van der Waals surface area contributed by atoms with Crippen molar-refractivity contribution in [3.8, 4) is 0 Å². The summed E-state index contributed by atoms with van der Waals surface area (Å²) in [5.74, 6) is -1.96. The average molecular weight is 498 g/mol. The Kier molecular flexibility index (Phi) is 7.21. The van der Waals surface area contributed by atoms with Crippen molar-refractivity contribution in [1.82, 2.24) is 4.98 Å².